The summed E-state index contributed by atoms with van der Waals surface area (Å²) in [6, 6.07) is 29.4. The summed E-state index contributed by atoms with van der Waals surface area (Å²) < 4.78 is 64.2. The smallest absolute Gasteiger partial charge is 0.410 e. The van der Waals surface area contributed by atoms with Crippen molar-refractivity contribution in [3.8, 4) is 11.5 Å². The highest BCUT2D eigenvalue weighted by Gasteiger charge is 2.34. The first-order chi connectivity index (χ1) is 42.7. The lowest BCUT2D eigenvalue weighted by atomic mass is 10.1. The fraction of sp³-hybridized carbons (Fsp3) is 0.446. The van der Waals surface area contributed by atoms with E-state index < -0.39 is 87.2 Å². The molecular formula is C65H86F2N8O15. The van der Waals surface area contributed by atoms with Crippen molar-refractivity contribution in [2.24, 2.45) is 5.73 Å². The number of hydrogen-bond donors (Lipinski definition) is 6. The third-order valence-electron chi connectivity index (χ3n) is 13.3. The van der Waals surface area contributed by atoms with E-state index in [1.165, 1.54) is 46.2 Å². The van der Waals surface area contributed by atoms with Crippen LogP contribution in [0.25, 0.3) is 0 Å². The maximum atomic E-state index is 13.3. The molecule has 23 nitrogen and oxygen atoms in total. The molecule has 0 saturated heterocycles. The summed E-state index contributed by atoms with van der Waals surface area (Å²) in [5.74, 6) is -4.16. The second kappa shape index (κ2) is 36.8. The molecule has 0 saturated carbocycles. The quantitative estimate of drug-likeness (QED) is 0.0206. The molecule has 0 aliphatic heterocycles. The summed E-state index contributed by atoms with van der Waals surface area (Å²) in [6.07, 6.45) is -0.589. The van der Waals surface area contributed by atoms with E-state index in [0.29, 0.717) is 44.8 Å². The van der Waals surface area contributed by atoms with E-state index in [1.54, 1.807) is 81.7 Å². The highest BCUT2D eigenvalue weighted by molar-refractivity contribution is 5.94. The average Bonchev–Trinajstić information content (AvgIpc) is 1.01. The third kappa shape index (κ3) is 24.7. The minimum absolute atomic E-state index is 0.00326. The molecule has 0 fully saturated rings. The van der Waals surface area contributed by atoms with Gasteiger partial charge in [-0.1, -0.05) is 84.9 Å². The summed E-state index contributed by atoms with van der Waals surface area (Å²) in [7, 11) is 4.23. The number of nitrogens with one attached hydrogen (secondary N) is 3. The van der Waals surface area contributed by atoms with Gasteiger partial charge in [-0.15, -0.1) is 0 Å². The van der Waals surface area contributed by atoms with E-state index in [0.717, 1.165) is 23.8 Å². The van der Waals surface area contributed by atoms with Gasteiger partial charge in [0.25, 0.3) is 17.0 Å². The molecule has 6 aromatic rings. The minimum Gasteiger partial charge on any atom is -0.501 e. The summed E-state index contributed by atoms with van der Waals surface area (Å²) >= 11 is 0. The average molecular weight is 1260 g/mol. The molecule has 4 aromatic carbocycles. The van der Waals surface area contributed by atoms with E-state index in [1.807, 2.05) is 60.7 Å². The molecule has 2 heterocycles. The van der Waals surface area contributed by atoms with Crippen molar-refractivity contribution in [3.63, 3.8) is 0 Å². The van der Waals surface area contributed by atoms with Gasteiger partial charge in [-0.2, -0.15) is 0 Å². The fourth-order valence-corrected chi connectivity index (χ4v) is 8.64. The number of esters is 1. The number of aromatic nitrogens is 4. The van der Waals surface area contributed by atoms with Crippen molar-refractivity contribution < 1.29 is 71.3 Å². The molecule has 490 valence electrons. The van der Waals surface area contributed by atoms with E-state index >= 15 is 0 Å². The molecule has 0 aliphatic rings. The first-order valence-corrected chi connectivity index (χ1v) is 29.2. The van der Waals surface area contributed by atoms with Crippen LogP contribution < -0.4 is 22.2 Å². The maximum Gasteiger partial charge on any atom is 0.410 e. The molecule has 2 unspecified atom stereocenters. The lowest BCUT2D eigenvalue weighted by Gasteiger charge is -2.33. The van der Waals surface area contributed by atoms with Gasteiger partial charge in [0.05, 0.1) is 57.8 Å². The molecule has 7 N–H and O–H groups in total. The van der Waals surface area contributed by atoms with Gasteiger partial charge in [0.1, 0.15) is 34.5 Å². The Hall–Kier alpha value is -8.62. The number of methoxy groups -OCH3 is 3. The lowest BCUT2D eigenvalue weighted by Crippen LogP contribution is -2.41. The van der Waals surface area contributed by atoms with Gasteiger partial charge in [0.15, 0.2) is 11.4 Å². The van der Waals surface area contributed by atoms with Gasteiger partial charge in [-0.05, 0) is 128 Å². The van der Waals surface area contributed by atoms with E-state index in [9.17, 15) is 47.8 Å². The zero-order valence-corrected chi connectivity index (χ0v) is 53.0. The van der Waals surface area contributed by atoms with Crippen molar-refractivity contribution in [2.45, 2.75) is 143 Å². The summed E-state index contributed by atoms with van der Waals surface area (Å²) in [4.78, 5) is 93.0. The van der Waals surface area contributed by atoms with Gasteiger partial charge in [-0.3, -0.25) is 24.2 Å². The van der Waals surface area contributed by atoms with Crippen LogP contribution in [0.5, 0.6) is 11.5 Å². The van der Waals surface area contributed by atoms with E-state index in [2.05, 4.69) is 30.0 Å². The Bertz CT molecular complexity index is 3290. The first kappa shape index (κ1) is 73.8. The topological polar surface area (TPSA) is 309 Å². The number of amides is 3. The van der Waals surface area contributed by atoms with Crippen LogP contribution in [0.4, 0.5) is 18.4 Å². The van der Waals surface area contributed by atoms with Crippen LogP contribution in [0, 0.1) is 11.6 Å². The van der Waals surface area contributed by atoms with Crippen LogP contribution in [0.3, 0.4) is 0 Å². The Kier molecular flexibility index (Phi) is 30.2. The number of nitrogens with zero attached hydrogens (tertiary/aromatic N) is 4. The molecule has 0 radical (unpaired) electrons. The van der Waals surface area contributed by atoms with Crippen LogP contribution in [0.2, 0.25) is 0 Å². The lowest BCUT2D eigenvalue weighted by molar-refractivity contribution is -0.0106. The Balaban J connectivity index is 0.000000340. The van der Waals surface area contributed by atoms with E-state index in [-0.39, 0.29) is 68.8 Å². The van der Waals surface area contributed by atoms with Crippen LogP contribution in [0.15, 0.2) is 119 Å². The molecule has 25 heteroatoms. The van der Waals surface area contributed by atoms with Crippen molar-refractivity contribution in [3.05, 3.63) is 187 Å². The number of rotatable bonds is 27. The molecule has 0 bridgehead atoms. The van der Waals surface area contributed by atoms with Crippen molar-refractivity contribution >= 4 is 24.1 Å². The van der Waals surface area contributed by atoms with Gasteiger partial charge in [-0.25, -0.2) is 33.1 Å². The Morgan fingerprint density at radius 2 is 0.967 bits per heavy atom. The number of carbonyl (C=O) groups is 4. The second-order valence-corrected chi connectivity index (χ2v) is 22.4. The maximum absolute atomic E-state index is 13.3. The van der Waals surface area contributed by atoms with Gasteiger partial charge in [0.2, 0.25) is 11.5 Å². The second-order valence-electron chi connectivity index (χ2n) is 22.4. The summed E-state index contributed by atoms with van der Waals surface area (Å²) in [5, 5.41) is 23.1. The van der Waals surface area contributed by atoms with Gasteiger partial charge < -0.3 is 64.4 Å². The number of carbonyl (C=O) groups excluding carboxylic acids is 4. The minimum atomic E-state index is -0.979. The Morgan fingerprint density at radius 3 is 1.33 bits per heavy atom. The number of aromatic hydroxyl groups is 2. The molecule has 0 spiro atoms. The number of aromatic amines is 2. The van der Waals surface area contributed by atoms with Crippen molar-refractivity contribution in [2.75, 3.05) is 47.6 Å². The number of halogens is 2. The van der Waals surface area contributed by atoms with Gasteiger partial charge in [0, 0.05) is 40.4 Å². The van der Waals surface area contributed by atoms with Crippen molar-refractivity contribution in [1.82, 2.24) is 35.1 Å². The zero-order valence-electron chi connectivity index (χ0n) is 53.0. The first-order valence-electron chi connectivity index (χ1n) is 29.2. The molecular weight excluding hydrogens is 1170 g/mol. The Morgan fingerprint density at radius 1 is 0.578 bits per heavy atom. The van der Waals surface area contributed by atoms with Crippen molar-refractivity contribution in [1.29, 1.82) is 0 Å². The van der Waals surface area contributed by atoms with Crippen LogP contribution in [0.1, 0.15) is 148 Å². The molecule has 2 aromatic heterocycles. The predicted molar refractivity (Wildman–Crippen MR) is 331 cm³/mol. The number of hydrogen-bond acceptors (Lipinski definition) is 18. The molecule has 6 rings (SSSR count). The normalized spacial score (nSPS) is 12.6. The molecule has 3 amide bonds. The number of nitrogens with two attached hydrogens (primary N) is 1. The SMILES string of the molecule is CCN(C(=O)OC(C)(C)C)C(CC[C@@H](COCc1ccccc1)OC)c1nc(C(=O)NCc2ccc(F)cc2)c(O)c(=O)[nH]1.CCN(C(=O)OC(C)(C)C)C(CC[C@@H](COCc1ccccc1)OC)c1nc(C(=O)OC)c(O)c(=O)[nH]1.NCc1ccc(F)cc1. The largest absolute Gasteiger partial charge is 0.501 e. The zero-order chi connectivity index (χ0) is 66.6. The highest BCUT2D eigenvalue weighted by Crippen LogP contribution is 2.30. The Labute approximate surface area is 523 Å². The molecule has 4 atom stereocenters. The number of H-pyrrole nitrogens is 2. The monoisotopic (exact) mass is 1260 g/mol. The fourth-order valence-electron chi connectivity index (χ4n) is 8.64. The summed E-state index contributed by atoms with van der Waals surface area (Å²) in [6.45, 7) is 16.2. The molecule has 90 heavy (non-hydrogen) atoms. The highest BCUT2D eigenvalue weighted by atomic mass is 19.1. The third-order valence-corrected chi connectivity index (χ3v) is 13.3. The van der Waals surface area contributed by atoms with Gasteiger partial charge >= 0.3 is 18.2 Å². The van der Waals surface area contributed by atoms with Crippen LogP contribution in [-0.2, 0) is 59.5 Å². The predicted octanol–water partition coefficient (Wildman–Crippen LogP) is 9.71. The van der Waals surface area contributed by atoms with Crippen LogP contribution in [-0.4, -0.2) is 135 Å². The number of ether oxygens (including phenoxy) is 7. The van der Waals surface area contributed by atoms with E-state index in [4.69, 9.17) is 34.2 Å². The number of benzene rings is 4. The molecule has 0 aliphatic carbocycles. The summed E-state index contributed by atoms with van der Waals surface area (Å²) in [5.41, 5.74) is 4.40. The van der Waals surface area contributed by atoms with Crippen LogP contribution >= 0.6 is 0 Å². The standard InChI is InChI=1S/C32H41FN4O7.C26H37N3O8.C7H8FN/c1-6-37(31(41)44-32(2,3)4)25(17-16-24(42-5)20-43-19-22-10-8-7-9-11-22)28-35-26(27(38)30(40)36-28)29(39)34-18-21-12-14-23(33)15-13-21;1-7-29(25(33)37-26(2,3)4)19(22-27-20(24(32)35-6)21(30)23(31)28-22)14-13-18(34-5)16-36-15-17-11-9-8-10-12-17;8-7-3-1-6(5-9)2-4-7/h7-15,24-25,38H,6,16-20H2,1-5H3,(H,34,39)(H,35,36,40);8-12,18-19,30H,7,13-16H2,1-6H3,(H,27,28,31);1-4H,5,9H2/t24-,25?;18-,19?;/m00./s1.